The Kier molecular flexibility index (Phi) is 3.79. The minimum absolute atomic E-state index is 0.121. The van der Waals surface area contributed by atoms with Crippen LogP contribution in [-0.2, 0) is 6.54 Å². The first kappa shape index (κ1) is 13.5. The molecule has 0 unspecified atom stereocenters. The van der Waals surface area contributed by atoms with Gasteiger partial charge in [-0.25, -0.2) is 4.98 Å². The van der Waals surface area contributed by atoms with Gasteiger partial charge in [-0.3, -0.25) is 9.78 Å². The quantitative estimate of drug-likeness (QED) is 0.804. The van der Waals surface area contributed by atoms with E-state index in [2.05, 4.69) is 15.3 Å². The standard InChI is InChI=1S/C15H13N3O2S/c1-10-14(21-9-18-10)15(19)17-8-11-4-2-6-16-13(11)12-5-3-7-20-12/h2-7,9H,8H2,1H3,(H,17,19). The lowest BCUT2D eigenvalue weighted by molar-refractivity contribution is 0.0954. The van der Waals surface area contributed by atoms with Crippen molar-refractivity contribution >= 4 is 17.2 Å². The summed E-state index contributed by atoms with van der Waals surface area (Å²) in [7, 11) is 0. The van der Waals surface area contributed by atoms with Crippen molar-refractivity contribution in [2.45, 2.75) is 13.5 Å². The molecule has 1 N–H and O–H groups in total. The number of nitrogens with zero attached hydrogens (tertiary/aromatic N) is 2. The predicted octanol–water partition coefficient (Wildman–Crippen LogP) is 3.04. The van der Waals surface area contributed by atoms with Gasteiger partial charge in [-0.1, -0.05) is 6.07 Å². The van der Waals surface area contributed by atoms with Crippen LogP contribution in [0.1, 0.15) is 20.9 Å². The highest BCUT2D eigenvalue weighted by Gasteiger charge is 2.13. The molecule has 0 spiro atoms. The van der Waals surface area contributed by atoms with Crippen LogP contribution in [-0.4, -0.2) is 15.9 Å². The summed E-state index contributed by atoms with van der Waals surface area (Å²) in [5.74, 6) is 0.568. The van der Waals surface area contributed by atoms with Crippen LogP contribution in [0.4, 0.5) is 0 Å². The fourth-order valence-electron chi connectivity index (χ4n) is 1.99. The molecule has 0 aliphatic rings. The number of aryl methyl sites for hydroxylation is 1. The molecule has 0 atom stereocenters. The molecule has 0 aliphatic heterocycles. The Hall–Kier alpha value is -2.47. The molecule has 0 saturated heterocycles. The number of carbonyl (C=O) groups is 1. The van der Waals surface area contributed by atoms with E-state index in [0.29, 0.717) is 17.2 Å². The van der Waals surface area contributed by atoms with Gasteiger partial charge in [-0.05, 0) is 25.1 Å². The van der Waals surface area contributed by atoms with Gasteiger partial charge in [-0.2, -0.15) is 0 Å². The second kappa shape index (κ2) is 5.88. The first-order valence-electron chi connectivity index (χ1n) is 6.42. The molecule has 0 aromatic carbocycles. The van der Waals surface area contributed by atoms with Crippen molar-refractivity contribution in [3.05, 3.63) is 58.4 Å². The zero-order chi connectivity index (χ0) is 14.7. The van der Waals surface area contributed by atoms with Crippen molar-refractivity contribution in [1.29, 1.82) is 0 Å². The topological polar surface area (TPSA) is 68.0 Å². The zero-order valence-corrected chi connectivity index (χ0v) is 12.2. The SMILES string of the molecule is Cc1ncsc1C(=O)NCc1cccnc1-c1ccco1. The summed E-state index contributed by atoms with van der Waals surface area (Å²) in [4.78, 5) is 21.2. The van der Waals surface area contributed by atoms with Crippen molar-refractivity contribution in [1.82, 2.24) is 15.3 Å². The van der Waals surface area contributed by atoms with Crippen LogP contribution in [0.2, 0.25) is 0 Å². The fourth-order valence-corrected chi connectivity index (χ4v) is 2.71. The number of aromatic nitrogens is 2. The summed E-state index contributed by atoms with van der Waals surface area (Å²) in [6.45, 7) is 2.21. The molecule has 106 valence electrons. The smallest absolute Gasteiger partial charge is 0.263 e. The highest BCUT2D eigenvalue weighted by atomic mass is 32.1. The fraction of sp³-hybridized carbons (Fsp3) is 0.133. The Morgan fingerprint density at radius 3 is 2.95 bits per heavy atom. The molecule has 3 aromatic heterocycles. The van der Waals surface area contributed by atoms with Gasteiger partial charge < -0.3 is 9.73 Å². The largest absolute Gasteiger partial charge is 0.463 e. The minimum atomic E-state index is -0.121. The van der Waals surface area contributed by atoms with Crippen LogP contribution >= 0.6 is 11.3 Å². The van der Waals surface area contributed by atoms with Crippen molar-refractivity contribution in [3.8, 4) is 11.5 Å². The average Bonchev–Trinajstić information content (AvgIpc) is 3.16. The summed E-state index contributed by atoms with van der Waals surface area (Å²) >= 11 is 1.34. The molecule has 0 radical (unpaired) electrons. The lowest BCUT2D eigenvalue weighted by atomic mass is 10.1. The van der Waals surface area contributed by atoms with Gasteiger partial charge in [0.1, 0.15) is 10.6 Å². The average molecular weight is 299 g/mol. The molecule has 0 saturated carbocycles. The van der Waals surface area contributed by atoms with Crippen LogP contribution < -0.4 is 5.32 Å². The molecule has 21 heavy (non-hydrogen) atoms. The van der Waals surface area contributed by atoms with E-state index in [1.807, 2.05) is 31.2 Å². The maximum absolute atomic E-state index is 12.1. The molecule has 5 nitrogen and oxygen atoms in total. The summed E-state index contributed by atoms with van der Waals surface area (Å²) < 4.78 is 5.38. The summed E-state index contributed by atoms with van der Waals surface area (Å²) in [6, 6.07) is 7.42. The minimum Gasteiger partial charge on any atom is -0.463 e. The van der Waals surface area contributed by atoms with Gasteiger partial charge in [0, 0.05) is 18.3 Å². The Labute approximate surface area is 125 Å². The van der Waals surface area contributed by atoms with Crippen LogP contribution in [0, 0.1) is 6.92 Å². The Bertz CT molecular complexity index is 750. The highest BCUT2D eigenvalue weighted by Crippen LogP contribution is 2.21. The summed E-state index contributed by atoms with van der Waals surface area (Å²) in [5.41, 5.74) is 4.06. The number of pyridine rings is 1. The maximum Gasteiger partial charge on any atom is 0.263 e. The normalized spacial score (nSPS) is 10.5. The van der Waals surface area contributed by atoms with Gasteiger partial charge in [0.05, 0.1) is 17.5 Å². The maximum atomic E-state index is 12.1. The summed E-state index contributed by atoms with van der Waals surface area (Å²) in [6.07, 6.45) is 3.31. The van der Waals surface area contributed by atoms with Crippen LogP contribution in [0.3, 0.4) is 0 Å². The van der Waals surface area contributed by atoms with Gasteiger partial charge in [0.15, 0.2) is 5.76 Å². The van der Waals surface area contributed by atoms with E-state index in [1.54, 1.807) is 18.0 Å². The third-order valence-corrected chi connectivity index (χ3v) is 3.96. The molecular formula is C15H13N3O2S. The molecule has 3 heterocycles. The number of hydrogen-bond acceptors (Lipinski definition) is 5. The Morgan fingerprint density at radius 1 is 1.33 bits per heavy atom. The van der Waals surface area contributed by atoms with Crippen molar-refractivity contribution in [2.75, 3.05) is 0 Å². The number of carbonyl (C=O) groups excluding carboxylic acids is 1. The van der Waals surface area contributed by atoms with Gasteiger partial charge in [0.25, 0.3) is 5.91 Å². The first-order chi connectivity index (χ1) is 10.3. The van der Waals surface area contributed by atoms with Crippen LogP contribution in [0.5, 0.6) is 0 Å². The molecular weight excluding hydrogens is 286 g/mol. The molecule has 0 bridgehead atoms. The number of furan rings is 1. The second-order valence-corrected chi connectivity index (χ2v) is 5.29. The number of thiazole rings is 1. The molecule has 0 aliphatic carbocycles. The van der Waals surface area contributed by atoms with E-state index < -0.39 is 0 Å². The lowest BCUT2D eigenvalue weighted by Crippen LogP contribution is -2.23. The third kappa shape index (κ3) is 2.85. The van der Waals surface area contributed by atoms with Crippen molar-refractivity contribution in [3.63, 3.8) is 0 Å². The Morgan fingerprint density at radius 2 is 2.24 bits per heavy atom. The molecule has 1 amide bonds. The number of amides is 1. The van der Waals surface area contributed by atoms with Crippen LogP contribution in [0.15, 0.2) is 46.7 Å². The summed E-state index contributed by atoms with van der Waals surface area (Å²) in [5, 5.41) is 2.89. The van der Waals surface area contributed by atoms with E-state index in [1.165, 1.54) is 11.3 Å². The van der Waals surface area contributed by atoms with Crippen molar-refractivity contribution < 1.29 is 9.21 Å². The molecule has 0 fully saturated rings. The second-order valence-electron chi connectivity index (χ2n) is 4.44. The first-order valence-corrected chi connectivity index (χ1v) is 7.29. The molecule has 6 heteroatoms. The predicted molar refractivity (Wildman–Crippen MR) is 80.0 cm³/mol. The Balaban J connectivity index is 1.77. The van der Waals surface area contributed by atoms with E-state index in [-0.39, 0.29) is 5.91 Å². The van der Waals surface area contributed by atoms with Crippen molar-refractivity contribution in [2.24, 2.45) is 0 Å². The van der Waals surface area contributed by atoms with Gasteiger partial charge in [-0.15, -0.1) is 11.3 Å². The van der Waals surface area contributed by atoms with Gasteiger partial charge >= 0.3 is 0 Å². The monoisotopic (exact) mass is 299 g/mol. The number of nitrogens with one attached hydrogen (secondary N) is 1. The lowest BCUT2D eigenvalue weighted by Gasteiger charge is -2.07. The van der Waals surface area contributed by atoms with Crippen LogP contribution in [0.25, 0.3) is 11.5 Å². The van der Waals surface area contributed by atoms with E-state index in [9.17, 15) is 4.79 Å². The zero-order valence-electron chi connectivity index (χ0n) is 11.4. The van der Waals surface area contributed by atoms with E-state index >= 15 is 0 Å². The molecule has 3 rings (SSSR count). The highest BCUT2D eigenvalue weighted by molar-refractivity contribution is 7.11. The van der Waals surface area contributed by atoms with E-state index in [4.69, 9.17) is 4.42 Å². The number of hydrogen-bond donors (Lipinski definition) is 1. The van der Waals surface area contributed by atoms with E-state index in [0.717, 1.165) is 17.0 Å². The third-order valence-electron chi connectivity index (χ3n) is 3.04. The number of rotatable bonds is 4. The van der Waals surface area contributed by atoms with Gasteiger partial charge in [0.2, 0.25) is 0 Å². The molecule has 3 aromatic rings.